The lowest BCUT2D eigenvalue weighted by atomic mass is 10.1. The van der Waals surface area contributed by atoms with Gasteiger partial charge < -0.3 is 14.7 Å². The number of hydrogen-bond donors (Lipinski definition) is 2. The predicted molar refractivity (Wildman–Crippen MR) is 66.8 cm³/mol. The van der Waals surface area contributed by atoms with E-state index in [1.807, 2.05) is 18.3 Å². The molecule has 0 radical (unpaired) electrons. The van der Waals surface area contributed by atoms with Gasteiger partial charge in [-0.15, -0.1) is 0 Å². The smallest absolute Gasteiger partial charge is 0.103 e. The molecule has 4 nitrogen and oxygen atoms in total. The van der Waals surface area contributed by atoms with Crippen LogP contribution in [-0.4, -0.2) is 22.6 Å². The molecule has 0 bridgehead atoms. The minimum absolute atomic E-state index is 0.503. The highest BCUT2D eigenvalue weighted by molar-refractivity contribution is 4.98. The van der Waals surface area contributed by atoms with Crippen LogP contribution in [0.5, 0.6) is 0 Å². The first-order valence-corrected chi connectivity index (χ1v) is 6.07. The third-order valence-electron chi connectivity index (χ3n) is 2.85. The zero-order valence-corrected chi connectivity index (χ0v) is 10.1. The van der Waals surface area contributed by atoms with E-state index in [0.717, 1.165) is 31.6 Å². The molecule has 0 aliphatic rings. The van der Waals surface area contributed by atoms with E-state index < -0.39 is 0 Å². The number of rotatable bonds is 7. The first-order chi connectivity index (χ1) is 8.34. The van der Waals surface area contributed by atoms with Crippen LogP contribution in [0, 0.1) is 0 Å². The summed E-state index contributed by atoms with van der Waals surface area (Å²) >= 11 is 0. The molecule has 0 amide bonds. The molecule has 17 heavy (non-hydrogen) atoms. The Hall–Kier alpha value is -1.55. The number of imidazole rings is 1. The number of nitrogens with one attached hydrogen (secondary N) is 2. The monoisotopic (exact) mass is 233 g/mol. The van der Waals surface area contributed by atoms with Crippen molar-refractivity contribution >= 4 is 0 Å². The third kappa shape index (κ3) is 4.07. The van der Waals surface area contributed by atoms with Gasteiger partial charge in [0.1, 0.15) is 5.76 Å². The molecule has 1 atom stereocenters. The highest BCUT2D eigenvalue weighted by atomic mass is 16.3. The molecule has 0 saturated heterocycles. The highest BCUT2D eigenvalue weighted by Crippen LogP contribution is 2.05. The van der Waals surface area contributed by atoms with Crippen molar-refractivity contribution in [1.29, 1.82) is 0 Å². The van der Waals surface area contributed by atoms with Crippen LogP contribution < -0.4 is 5.32 Å². The zero-order chi connectivity index (χ0) is 11.9. The summed E-state index contributed by atoms with van der Waals surface area (Å²) in [5.41, 5.74) is 1.18. The Morgan fingerprint density at radius 1 is 1.47 bits per heavy atom. The molecule has 4 heteroatoms. The van der Waals surface area contributed by atoms with Gasteiger partial charge in [-0.1, -0.05) is 0 Å². The number of aromatic amines is 1. The summed E-state index contributed by atoms with van der Waals surface area (Å²) < 4.78 is 5.31. The van der Waals surface area contributed by atoms with Gasteiger partial charge in [-0.25, -0.2) is 4.98 Å². The molecule has 0 fully saturated rings. The summed E-state index contributed by atoms with van der Waals surface area (Å²) in [5, 5.41) is 3.49. The Bertz CT molecular complexity index is 394. The third-order valence-corrected chi connectivity index (χ3v) is 2.85. The number of aromatic nitrogens is 2. The van der Waals surface area contributed by atoms with Crippen molar-refractivity contribution in [3.63, 3.8) is 0 Å². The number of aryl methyl sites for hydroxylation is 1. The van der Waals surface area contributed by atoms with Crippen molar-refractivity contribution in [2.75, 3.05) is 6.54 Å². The Labute approximate surface area is 101 Å². The van der Waals surface area contributed by atoms with E-state index in [2.05, 4.69) is 22.2 Å². The molecule has 0 spiro atoms. The molecule has 0 aliphatic heterocycles. The molecule has 2 heterocycles. The average molecular weight is 233 g/mol. The second-order valence-electron chi connectivity index (χ2n) is 4.30. The normalized spacial score (nSPS) is 12.8. The molecule has 2 aromatic heterocycles. The number of hydrogen-bond acceptors (Lipinski definition) is 3. The fourth-order valence-corrected chi connectivity index (χ4v) is 1.79. The van der Waals surface area contributed by atoms with Crippen molar-refractivity contribution in [3.05, 3.63) is 42.4 Å². The van der Waals surface area contributed by atoms with Gasteiger partial charge in [0.2, 0.25) is 0 Å². The molecule has 0 saturated carbocycles. The lowest BCUT2D eigenvalue weighted by molar-refractivity contribution is 0.461. The molecule has 2 N–H and O–H groups in total. The second kappa shape index (κ2) is 6.25. The molecule has 0 aromatic carbocycles. The highest BCUT2D eigenvalue weighted by Gasteiger charge is 2.03. The minimum Gasteiger partial charge on any atom is -0.469 e. The summed E-state index contributed by atoms with van der Waals surface area (Å²) in [6.07, 6.45) is 8.39. The van der Waals surface area contributed by atoms with Gasteiger partial charge in [-0.3, -0.25) is 0 Å². The summed E-state index contributed by atoms with van der Waals surface area (Å²) in [4.78, 5) is 7.09. The van der Waals surface area contributed by atoms with Crippen molar-refractivity contribution in [2.45, 2.75) is 32.2 Å². The van der Waals surface area contributed by atoms with Crippen molar-refractivity contribution in [2.24, 2.45) is 0 Å². The van der Waals surface area contributed by atoms with Gasteiger partial charge in [0.25, 0.3) is 0 Å². The largest absolute Gasteiger partial charge is 0.469 e. The Balaban J connectivity index is 1.59. The van der Waals surface area contributed by atoms with Crippen LogP contribution in [0.15, 0.2) is 35.3 Å². The van der Waals surface area contributed by atoms with E-state index >= 15 is 0 Å². The number of nitrogens with zero attached hydrogens (tertiary/aromatic N) is 1. The van der Waals surface area contributed by atoms with E-state index in [9.17, 15) is 0 Å². The van der Waals surface area contributed by atoms with Gasteiger partial charge in [0, 0.05) is 37.3 Å². The van der Waals surface area contributed by atoms with Crippen molar-refractivity contribution < 1.29 is 4.42 Å². The maximum Gasteiger partial charge on any atom is 0.103 e. The first kappa shape index (κ1) is 11.9. The molecular formula is C13H19N3O. The Morgan fingerprint density at radius 2 is 2.41 bits per heavy atom. The van der Waals surface area contributed by atoms with Crippen LogP contribution in [0.1, 0.15) is 24.8 Å². The maximum absolute atomic E-state index is 5.31. The summed E-state index contributed by atoms with van der Waals surface area (Å²) in [6, 6.07) is 4.46. The van der Waals surface area contributed by atoms with Crippen molar-refractivity contribution in [3.8, 4) is 0 Å². The van der Waals surface area contributed by atoms with Gasteiger partial charge in [-0.2, -0.15) is 0 Å². The fourth-order valence-electron chi connectivity index (χ4n) is 1.79. The number of H-pyrrole nitrogens is 1. The lowest BCUT2D eigenvalue weighted by Gasteiger charge is -2.12. The van der Waals surface area contributed by atoms with E-state index in [-0.39, 0.29) is 0 Å². The predicted octanol–water partition coefficient (Wildman–Crippen LogP) is 2.16. The van der Waals surface area contributed by atoms with Crippen LogP contribution >= 0.6 is 0 Å². The fraction of sp³-hybridized carbons (Fsp3) is 0.462. The quantitative estimate of drug-likeness (QED) is 0.770. The standard InChI is InChI=1S/C13H19N3O/c1-11(4-5-13-3-2-8-17-13)15-7-6-12-9-14-10-16-12/h2-3,8-11,15H,4-7H2,1H3,(H,14,16). The van der Waals surface area contributed by atoms with Crippen LogP contribution in [0.3, 0.4) is 0 Å². The molecule has 92 valence electrons. The van der Waals surface area contributed by atoms with E-state index in [1.165, 1.54) is 5.69 Å². The Kier molecular flexibility index (Phi) is 4.38. The summed E-state index contributed by atoms with van der Waals surface area (Å²) in [7, 11) is 0. The minimum atomic E-state index is 0.503. The van der Waals surface area contributed by atoms with Gasteiger partial charge >= 0.3 is 0 Å². The number of furan rings is 1. The van der Waals surface area contributed by atoms with E-state index in [0.29, 0.717) is 6.04 Å². The van der Waals surface area contributed by atoms with Gasteiger partial charge in [-0.05, 0) is 25.5 Å². The molecule has 0 aliphatic carbocycles. The summed E-state index contributed by atoms with van der Waals surface area (Å²) in [5.74, 6) is 1.06. The van der Waals surface area contributed by atoms with Gasteiger partial charge in [0.05, 0.1) is 12.6 Å². The Morgan fingerprint density at radius 3 is 3.12 bits per heavy atom. The average Bonchev–Trinajstić information content (AvgIpc) is 2.99. The van der Waals surface area contributed by atoms with Crippen LogP contribution in [-0.2, 0) is 12.8 Å². The lowest BCUT2D eigenvalue weighted by Crippen LogP contribution is -2.28. The molecule has 2 rings (SSSR count). The first-order valence-electron chi connectivity index (χ1n) is 6.07. The van der Waals surface area contributed by atoms with Crippen LogP contribution in [0.2, 0.25) is 0 Å². The molecule has 1 unspecified atom stereocenters. The zero-order valence-electron chi connectivity index (χ0n) is 10.1. The summed E-state index contributed by atoms with van der Waals surface area (Å²) in [6.45, 7) is 3.18. The SMILES string of the molecule is CC(CCc1ccco1)NCCc1cnc[nH]1. The van der Waals surface area contributed by atoms with E-state index in [1.54, 1.807) is 12.6 Å². The van der Waals surface area contributed by atoms with Crippen molar-refractivity contribution in [1.82, 2.24) is 15.3 Å². The van der Waals surface area contributed by atoms with E-state index in [4.69, 9.17) is 4.42 Å². The molecular weight excluding hydrogens is 214 g/mol. The topological polar surface area (TPSA) is 53.9 Å². The second-order valence-corrected chi connectivity index (χ2v) is 4.30. The van der Waals surface area contributed by atoms with Gasteiger partial charge in [0.15, 0.2) is 0 Å². The van der Waals surface area contributed by atoms with Crippen LogP contribution in [0.25, 0.3) is 0 Å². The molecule has 2 aromatic rings. The maximum atomic E-state index is 5.31. The van der Waals surface area contributed by atoms with Crippen LogP contribution in [0.4, 0.5) is 0 Å².